The van der Waals surface area contributed by atoms with Crippen LogP contribution in [0, 0.1) is 12.3 Å². The summed E-state index contributed by atoms with van der Waals surface area (Å²) < 4.78 is 41.5. The van der Waals surface area contributed by atoms with Gasteiger partial charge in [-0.1, -0.05) is 43.2 Å². The van der Waals surface area contributed by atoms with E-state index in [1.54, 1.807) is 25.1 Å². The molecule has 0 atom stereocenters. The van der Waals surface area contributed by atoms with Crippen molar-refractivity contribution in [1.82, 2.24) is 9.62 Å². The van der Waals surface area contributed by atoms with Crippen molar-refractivity contribution in [1.29, 1.82) is 0 Å². The van der Waals surface area contributed by atoms with E-state index in [2.05, 4.69) is 40.5 Å². The maximum Gasteiger partial charge on any atom is 0.446 e. The lowest BCUT2D eigenvalue weighted by atomic mass is 9.73. The minimum absolute atomic E-state index is 0.0787. The van der Waals surface area contributed by atoms with Gasteiger partial charge in [0.25, 0.3) is 5.91 Å². The average Bonchev–Trinajstić information content (AvgIpc) is 2.98. The van der Waals surface area contributed by atoms with Crippen molar-refractivity contribution < 1.29 is 18.0 Å². The molecular formula is C34H38ClF3N4OS2. The monoisotopic (exact) mass is 674 g/mol. The van der Waals surface area contributed by atoms with Crippen molar-refractivity contribution in [3.05, 3.63) is 87.9 Å². The summed E-state index contributed by atoms with van der Waals surface area (Å²) in [6.07, 6.45) is 3.36. The first-order valence-electron chi connectivity index (χ1n) is 14.9. The highest BCUT2D eigenvalue weighted by Crippen LogP contribution is 2.43. The number of nitrogen functional groups attached to an aromatic ring is 1. The Labute approximate surface area is 276 Å². The zero-order valence-corrected chi connectivity index (χ0v) is 28.0. The maximum atomic E-state index is 12.9. The molecule has 45 heavy (non-hydrogen) atoms. The Balaban J connectivity index is 1.16. The summed E-state index contributed by atoms with van der Waals surface area (Å²) in [6, 6.07) is 18.7. The summed E-state index contributed by atoms with van der Waals surface area (Å²) in [5, 5.41) is 0.759. The number of alkyl halides is 3. The molecule has 0 bridgehead atoms. The summed E-state index contributed by atoms with van der Waals surface area (Å²) in [5.41, 5.74) is 8.09. The van der Waals surface area contributed by atoms with Crippen molar-refractivity contribution in [2.24, 2.45) is 5.41 Å². The quantitative estimate of drug-likeness (QED) is 0.141. The molecule has 1 aliphatic carbocycles. The lowest BCUT2D eigenvalue weighted by Crippen LogP contribution is -2.47. The molecule has 5 rings (SSSR count). The molecule has 5 nitrogen and oxygen atoms in total. The third kappa shape index (κ3) is 8.93. The van der Waals surface area contributed by atoms with Crippen molar-refractivity contribution in [2.75, 3.05) is 43.4 Å². The predicted octanol–water partition coefficient (Wildman–Crippen LogP) is 9.07. The number of hydrogen-bond acceptors (Lipinski definition) is 6. The highest BCUT2D eigenvalue weighted by Gasteiger charge is 2.31. The van der Waals surface area contributed by atoms with Crippen molar-refractivity contribution in [3.8, 4) is 0 Å². The van der Waals surface area contributed by atoms with Gasteiger partial charge in [-0.15, -0.1) is 0 Å². The molecule has 2 aliphatic rings. The molecule has 0 saturated carbocycles. The number of thioether (sulfide) groups is 1. The standard InChI is InChI=1S/C34H38ClF3N4OS2/c1-22-18-28(19-30(31(22)39)44-34(36,37)38)45-40-32(43)24-6-10-27(11-7-24)42-16-14-41(15-17-42)21-25-20-33(2,3)13-12-29(25)23-4-8-26(35)9-5-23/h4-11,18-19H,12-17,20-21,39H2,1-3H3,(H,40,43). The second-order valence-electron chi connectivity index (χ2n) is 12.5. The lowest BCUT2D eigenvalue weighted by Gasteiger charge is -2.39. The Morgan fingerprint density at radius 1 is 1.02 bits per heavy atom. The number of carbonyl (C=O) groups is 1. The Morgan fingerprint density at radius 3 is 2.33 bits per heavy atom. The fourth-order valence-corrected chi connectivity index (χ4v) is 7.64. The van der Waals surface area contributed by atoms with Crippen LogP contribution < -0.4 is 15.4 Å². The number of halogens is 4. The number of nitrogens with two attached hydrogens (primary N) is 1. The molecule has 1 fully saturated rings. The van der Waals surface area contributed by atoms with E-state index in [-0.39, 0.29) is 28.3 Å². The number of nitrogens with one attached hydrogen (secondary N) is 1. The molecule has 0 unspecified atom stereocenters. The molecule has 3 aromatic carbocycles. The summed E-state index contributed by atoms with van der Waals surface area (Å²) in [4.78, 5) is 18.1. The molecule has 11 heteroatoms. The minimum atomic E-state index is -4.45. The topological polar surface area (TPSA) is 61.6 Å². The van der Waals surface area contributed by atoms with Crippen LogP contribution in [0.25, 0.3) is 5.57 Å². The molecule has 0 aromatic heterocycles. The molecule has 240 valence electrons. The highest BCUT2D eigenvalue weighted by atomic mass is 35.5. The average molecular weight is 675 g/mol. The molecule has 0 spiro atoms. The molecule has 1 heterocycles. The number of piperazine rings is 1. The van der Waals surface area contributed by atoms with Gasteiger partial charge in [-0.3, -0.25) is 14.4 Å². The second-order valence-corrected chi connectivity index (χ2v) is 14.9. The van der Waals surface area contributed by atoms with Gasteiger partial charge in [0.05, 0.1) is 0 Å². The van der Waals surface area contributed by atoms with Crippen LogP contribution in [0.15, 0.2) is 76.0 Å². The van der Waals surface area contributed by atoms with E-state index < -0.39 is 5.51 Å². The molecule has 1 amide bonds. The van der Waals surface area contributed by atoms with E-state index in [0.29, 0.717) is 21.4 Å². The summed E-state index contributed by atoms with van der Waals surface area (Å²) in [5.74, 6) is -0.323. The number of hydrogen-bond donors (Lipinski definition) is 2. The first-order valence-corrected chi connectivity index (χ1v) is 16.9. The number of benzene rings is 3. The molecule has 3 aromatic rings. The first kappa shape index (κ1) is 33.6. The van der Waals surface area contributed by atoms with Gasteiger partial charge in [0.1, 0.15) is 0 Å². The van der Waals surface area contributed by atoms with E-state index in [1.165, 1.54) is 29.2 Å². The normalized spacial score (nSPS) is 17.4. The molecule has 3 N–H and O–H groups in total. The van der Waals surface area contributed by atoms with Gasteiger partial charge >= 0.3 is 5.51 Å². The minimum Gasteiger partial charge on any atom is -0.398 e. The van der Waals surface area contributed by atoms with E-state index in [0.717, 1.165) is 68.2 Å². The predicted molar refractivity (Wildman–Crippen MR) is 182 cm³/mol. The maximum absolute atomic E-state index is 12.9. The highest BCUT2D eigenvalue weighted by molar-refractivity contribution is 8.00. The van der Waals surface area contributed by atoms with Crippen molar-refractivity contribution in [3.63, 3.8) is 0 Å². The second kappa shape index (κ2) is 13.9. The zero-order valence-electron chi connectivity index (χ0n) is 25.6. The molecule has 1 aliphatic heterocycles. The van der Waals surface area contributed by atoms with Gasteiger partial charge in [-0.05, 0) is 121 Å². The Morgan fingerprint density at radius 2 is 1.69 bits per heavy atom. The lowest BCUT2D eigenvalue weighted by molar-refractivity contribution is -0.0328. The van der Waals surface area contributed by atoms with Crippen LogP contribution in [0.1, 0.15) is 54.6 Å². The molecule has 0 radical (unpaired) electrons. The van der Waals surface area contributed by atoms with Crippen LogP contribution in [0.5, 0.6) is 0 Å². The van der Waals surface area contributed by atoms with Gasteiger partial charge in [0.15, 0.2) is 0 Å². The van der Waals surface area contributed by atoms with Crippen LogP contribution in [0.2, 0.25) is 5.02 Å². The van der Waals surface area contributed by atoms with Crippen LogP contribution in [0.4, 0.5) is 24.5 Å². The van der Waals surface area contributed by atoms with E-state index in [1.807, 2.05) is 24.3 Å². The summed E-state index contributed by atoms with van der Waals surface area (Å²) in [7, 11) is 0. The fourth-order valence-electron chi connectivity index (χ4n) is 5.99. The van der Waals surface area contributed by atoms with Crippen LogP contribution in [0.3, 0.4) is 0 Å². The zero-order chi connectivity index (χ0) is 32.4. The van der Waals surface area contributed by atoms with E-state index in [9.17, 15) is 18.0 Å². The number of amides is 1. The van der Waals surface area contributed by atoms with E-state index in [4.69, 9.17) is 17.3 Å². The van der Waals surface area contributed by atoms with Gasteiger partial charge in [0, 0.05) is 64.5 Å². The summed E-state index contributed by atoms with van der Waals surface area (Å²) >= 11 is 6.88. The number of allylic oxidation sites excluding steroid dienone is 1. The fraction of sp³-hybridized carbons (Fsp3) is 0.382. The molecule has 1 saturated heterocycles. The molecular weight excluding hydrogens is 637 g/mol. The van der Waals surface area contributed by atoms with Crippen molar-refractivity contribution >= 4 is 58.2 Å². The van der Waals surface area contributed by atoms with Gasteiger partial charge < -0.3 is 10.6 Å². The number of rotatable bonds is 8. The van der Waals surface area contributed by atoms with Gasteiger partial charge in [0.2, 0.25) is 0 Å². The Hall–Kier alpha value is -2.79. The number of nitrogens with zero attached hydrogens (tertiary/aromatic N) is 2. The SMILES string of the molecule is Cc1cc(SNC(=O)c2ccc(N3CCN(CC4=C(c5ccc(Cl)cc5)CCC(C)(C)C4)CC3)cc2)cc(SC(F)(F)F)c1N. The largest absolute Gasteiger partial charge is 0.446 e. The van der Waals surface area contributed by atoms with Gasteiger partial charge in [-0.25, -0.2) is 0 Å². The number of aryl methyl sites for hydroxylation is 1. The van der Waals surface area contributed by atoms with Gasteiger partial charge in [-0.2, -0.15) is 13.2 Å². The number of carbonyl (C=O) groups excluding carboxylic acids is 1. The number of anilines is 2. The van der Waals surface area contributed by atoms with Crippen LogP contribution in [-0.4, -0.2) is 49.0 Å². The van der Waals surface area contributed by atoms with Crippen LogP contribution in [-0.2, 0) is 0 Å². The third-order valence-corrected chi connectivity index (χ3v) is 10.3. The Kier molecular flexibility index (Phi) is 10.4. The van der Waals surface area contributed by atoms with Crippen LogP contribution >= 0.6 is 35.3 Å². The smallest absolute Gasteiger partial charge is 0.398 e. The Bertz CT molecular complexity index is 1550. The van der Waals surface area contributed by atoms with Crippen molar-refractivity contribution in [2.45, 2.75) is 55.3 Å². The van der Waals surface area contributed by atoms with E-state index >= 15 is 0 Å². The summed E-state index contributed by atoms with van der Waals surface area (Å²) in [6.45, 7) is 11.0. The third-order valence-electron chi connectivity index (χ3n) is 8.45. The first-order chi connectivity index (χ1) is 21.3.